The molecule has 4 rings (SSSR count). The molecule has 0 fully saturated rings. The van der Waals surface area contributed by atoms with Gasteiger partial charge in [0.2, 0.25) is 0 Å². The summed E-state index contributed by atoms with van der Waals surface area (Å²) in [6, 6.07) is 17.5. The summed E-state index contributed by atoms with van der Waals surface area (Å²) in [4.78, 5) is 4.77. The predicted molar refractivity (Wildman–Crippen MR) is 98.6 cm³/mol. The molecule has 24 heavy (non-hydrogen) atoms. The number of aryl methyl sites for hydroxylation is 1. The number of aromatic hydroxyl groups is 1. The van der Waals surface area contributed by atoms with Crippen LogP contribution in [0.2, 0.25) is 0 Å². The van der Waals surface area contributed by atoms with Gasteiger partial charge < -0.3 is 5.11 Å². The Morgan fingerprint density at radius 1 is 1.00 bits per heavy atom. The Morgan fingerprint density at radius 3 is 2.42 bits per heavy atom. The first-order chi connectivity index (χ1) is 11.6. The molecule has 1 unspecified atom stereocenters. The summed E-state index contributed by atoms with van der Waals surface area (Å²) in [6.45, 7) is 4.06. The Hall–Kier alpha value is -2.53. The molecule has 1 atom stereocenters. The molecular weight excluding hydrogens is 318 g/mol. The molecule has 0 bridgehead atoms. The van der Waals surface area contributed by atoms with E-state index in [1.54, 1.807) is 23.9 Å². The van der Waals surface area contributed by atoms with Crippen molar-refractivity contribution in [1.82, 2.24) is 9.78 Å². The first kappa shape index (κ1) is 15.0. The van der Waals surface area contributed by atoms with Gasteiger partial charge in [0.25, 0.3) is 0 Å². The van der Waals surface area contributed by atoms with Crippen molar-refractivity contribution in [3.05, 3.63) is 71.4 Å². The lowest BCUT2D eigenvalue weighted by Crippen LogP contribution is -2.06. The molecule has 1 aliphatic heterocycles. The van der Waals surface area contributed by atoms with Crippen LogP contribution in [0.25, 0.3) is 5.69 Å². The van der Waals surface area contributed by atoms with E-state index >= 15 is 0 Å². The number of rotatable bonds is 2. The second kappa shape index (κ2) is 5.83. The maximum Gasteiger partial charge on any atom is 0.161 e. The van der Waals surface area contributed by atoms with Gasteiger partial charge in [0.1, 0.15) is 5.75 Å². The van der Waals surface area contributed by atoms with Gasteiger partial charge in [-0.2, -0.15) is 5.10 Å². The third-order valence-electron chi connectivity index (χ3n) is 4.09. The van der Waals surface area contributed by atoms with E-state index in [2.05, 4.69) is 0 Å². The van der Waals surface area contributed by atoms with Crippen LogP contribution < -0.4 is 0 Å². The van der Waals surface area contributed by atoms with Crippen LogP contribution in [0.5, 0.6) is 5.75 Å². The lowest BCUT2D eigenvalue weighted by atomic mass is 10.0. The van der Waals surface area contributed by atoms with Gasteiger partial charge in [-0.15, -0.1) is 0 Å². The van der Waals surface area contributed by atoms with Crippen molar-refractivity contribution < 1.29 is 5.11 Å². The number of aromatic nitrogens is 2. The normalized spacial score (nSPS) is 16.6. The van der Waals surface area contributed by atoms with E-state index in [4.69, 9.17) is 10.1 Å². The van der Waals surface area contributed by atoms with E-state index in [0.717, 1.165) is 33.4 Å². The molecule has 5 heteroatoms. The molecular formula is C19H17N3OS. The van der Waals surface area contributed by atoms with E-state index in [1.807, 2.05) is 61.0 Å². The van der Waals surface area contributed by atoms with Crippen molar-refractivity contribution in [2.24, 2.45) is 4.99 Å². The van der Waals surface area contributed by atoms with Crippen molar-refractivity contribution in [1.29, 1.82) is 0 Å². The molecule has 0 saturated carbocycles. The average Bonchev–Trinajstić information content (AvgIpc) is 2.92. The number of hydrogen-bond acceptors (Lipinski definition) is 4. The number of nitrogens with zero attached hydrogens (tertiary/aromatic N) is 3. The number of para-hydroxylation sites is 1. The summed E-state index contributed by atoms with van der Waals surface area (Å²) in [6.07, 6.45) is 0. The van der Waals surface area contributed by atoms with Crippen LogP contribution in [-0.2, 0) is 0 Å². The van der Waals surface area contributed by atoms with E-state index in [-0.39, 0.29) is 11.0 Å². The Kier molecular flexibility index (Phi) is 3.65. The lowest BCUT2D eigenvalue weighted by Gasteiger charge is -2.22. The standard InChI is InChI=1S/C19H17N3OS/c1-12-17-18(14-8-10-16(23)11-9-14)24-13(2)20-19(17)22(21-12)15-6-4-3-5-7-15/h3-11,18,23H,1-2H3. The van der Waals surface area contributed by atoms with Crippen molar-refractivity contribution in [2.45, 2.75) is 19.1 Å². The monoisotopic (exact) mass is 335 g/mol. The van der Waals surface area contributed by atoms with Gasteiger partial charge in [0, 0.05) is 5.56 Å². The van der Waals surface area contributed by atoms with Gasteiger partial charge in [0.05, 0.1) is 21.7 Å². The van der Waals surface area contributed by atoms with Gasteiger partial charge in [-0.05, 0) is 43.7 Å². The molecule has 1 aliphatic rings. The molecule has 3 aromatic rings. The van der Waals surface area contributed by atoms with E-state index in [1.165, 1.54) is 0 Å². The van der Waals surface area contributed by atoms with Gasteiger partial charge in [-0.25, -0.2) is 9.67 Å². The molecule has 0 amide bonds. The van der Waals surface area contributed by atoms with Crippen molar-refractivity contribution in [2.75, 3.05) is 0 Å². The molecule has 120 valence electrons. The quantitative estimate of drug-likeness (QED) is 0.734. The molecule has 2 aromatic carbocycles. The van der Waals surface area contributed by atoms with Crippen LogP contribution in [0.15, 0.2) is 59.6 Å². The number of aliphatic imine (C=N–C) groups is 1. The molecule has 4 nitrogen and oxygen atoms in total. The highest BCUT2D eigenvalue weighted by Crippen LogP contribution is 2.47. The molecule has 0 saturated heterocycles. The van der Waals surface area contributed by atoms with Crippen molar-refractivity contribution >= 4 is 22.6 Å². The van der Waals surface area contributed by atoms with Crippen LogP contribution in [0.1, 0.15) is 29.0 Å². The average molecular weight is 335 g/mol. The summed E-state index contributed by atoms with van der Waals surface area (Å²) in [5.41, 5.74) is 4.27. The highest BCUT2D eigenvalue weighted by atomic mass is 32.2. The van der Waals surface area contributed by atoms with E-state index in [9.17, 15) is 5.11 Å². The zero-order valence-corrected chi connectivity index (χ0v) is 14.3. The summed E-state index contributed by atoms with van der Waals surface area (Å²) in [5, 5.41) is 15.4. The topological polar surface area (TPSA) is 50.4 Å². The minimum Gasteiger partial charge on any atom is -0.508 e. The molecule has 1 N–H and O–H groups in total. The Bertz CT molecular complexity index is 914. The zero-order chi connectivity index (χ0) is 16.7. The number of fused-ring (bicyclic) bond motifs is 1. The fourth-order valence-electron chi connectivity index (χ4n) is 2.98. The fraction of sp³-hybridized carbons (Fsp3) is 0.158. The van der Waals surface area contributed by atoms with Crippen LogP contribution in [0, 0.1) is 6.92 Å². The van der Waals surface area contributed by atoms with Gasteiger partial charge in [0.15, 0.2) is 5.82 Å². The number of phenols is 1. The molecule has 0 radical (unpaired) electrons. The summed E-state index contributed by atoms with van der Waals surface area (Å²) < 4.78 is 1.92. The SMILES string of the molecule is CC1=Nc2c(c(C)nn2-c2ccccc2)C(c2ccc(O)cc2)S1. The van der Waals surface area contributed by atoms with Crippen LogP contribution >= 0.6 is 11.8 Å². The van der Waals surface area contributed by atoms with Gasteiger partial charge in [-0.1, -0.05) is 42.1 Å². The smallest absolute Gasteiger partial charge is 0.161 e. The lowest BCUT2D eigenvalue weighted by molar-refractivity contribution is 0.475. The van der Waals surface area contributed by atoms with Crippen LogP contribution in [-0.4, -0.2) is 19.9 Å². The fourth-order valence-corrected chi connectivity index (χ4v) is 4.15. The Labute approximate surface area is 144 Å². The highest BCUT2D eigenvalue weighted by Gasteiger charge is 2.30. The summed E-state index contributed by atoms with van der Waals surface area (Å²) in [5.74, 6) is 1.18. The van der Waals surface area contributed by atoms with Crippen LogP contribution in [0.3, 0.4) is 0 Å². The minimum atomic E-state index is 0.135. The third kappa shape index (κ3) is 2.51. The Morgan fingerprint density at radius 2 is 1.71 bits per heavy atom. The zero-order valence-electron chi connectivity index (χ0n) is 13.5. The predicted octanol–water partition coefficient (Wildman–Crippen LogP) is 4.77. The number of hydrogen-bond donors (Lipinski definition) is 1. The Balaban J connectivity index is 1.89. The molecule has 0 spiro atoms. The maximum atomic E-state index is 9.56. The molecule has 2 heterocycles. The summed E-state index contributed by atoms with van der Waals surface area (Å²) in [7, 11) is 0. The maximum absolute atomic E-state index is 9.56. The van der Waals surface area contributed by atoms with E-state index in [0.29, 0.717) is 0 Å². The summed E-state index contributed by atoms with van der Waals surface area (Å²) >= 11 is 1.73. The van der Waals surface area contributed by atoms with E-state index < -0.39 is 0 Å². The molecule has 0 aliphatic carbocycles. The van der Waals surface area contributed by atoms with Gasteiger partial charge in [-0.3, -0.25) is 0 Å². The molecule has 1 aromatic heterocycles. The second-order valence-corrected chi connectivity index (χ2v) is 7.09. The highest BCUT2D eigenvalue weighted by molar-refractivity contribution is 8.14. The van der Waals surface area contributed by atoms with Crippen molar-refractivity contribution in [3.63, 3.8) is 0 Å². The largest absolute Gasteiger partial charge is 0.508 e. The van der Waals surface area contributed by atoms with Crippen molar-refractivity contribution in [3.8, 4) is 11.4 Å². The third-order valence-corrected chi connectivity index (χ3v) is 5.27. The minimum absolute atomic E-state index is 0.135. The number of thioether (sulfide) groups is 1. The first-order valence-electron chi connectivity index (χ1n) is 7.79. The number of phenolic OH excluding ortho intramolecular Hbond substituents is 1. The number of benzene rings is 2. The van der Waals surface area contributed by atoms with Crippen LogP contribution in [0.4, 0.5) is 5.82 Å². The first-order valence-corrected chi connectivity index (χ1v) is 8.67. The van der Waals surface area contributed by atoms with Gasteiger partial charge >= 0.3 is 0 Å². The second-order valence-electron chi connectivity index (χ2n) is 5.79.